The number of aromatic nitrogens is 2. The molecule has 0 aliphatic carbocycles. The number of benzene rings is 1. The Labute approximate surface area is 110 Å². The number of hydrogen-bond acceptors (Lipinski definition) is 5. The molecule has 0 radical (unpaired) electrons. The van der Waals surface area contributed by atoms with Gasteiger partial charge < -0.3 is 15.2 Å². The Hall–Kier alpha value is -1.76. The third-order valence-electron chi connectivity index (χ3n) is 2.88. The summed E-state index contributed by atoms with van der Waals surface area (Å²) in [6, 6.07) is 7.32. The predicted molar refractivity (Wildman–Crippen MR) is 71.8 cm³/mol. The van der Waals surface area contributed by atoms with Crippen LogP contribution in [-0.4, -0.2) is 51.4 Å². The quantitative estimate of drug-likeness (QED) is 0.666. The summed E-state index contributed by atoms with van der Waals surface area (Å²) in [5, 5.41) is 17.9. The van der Waals surface area contributed by atoms with E-state index < -0.39 is 0 Å². The summed E-state index contributed by atoms with van der Waals surface area (Å²) in [6.07, 6.45) is 0. The molecule has 1 aromatic carbocycles. The second-order valence-corrected chi connectivity index (χ2v) is 4.25. The van der Waals surface area contributed by atoms with Crippen molar-refractivity contribution >= 4 is 11.0 Å². The zero-order valence-corrected chi connectivity index (χ0v) is 10.5. The van der Waals surface area contributed by atoms with Gasteiger partial charge in [0.15, 0.2) is 0 Å². The summed E-state index contributed by atoms with van der Waals surface area (Å²) in [5.41, 5.74) is 1.58. The average molecular weight is 263 g/mol. The first-order valence-electron chi connectivity index (χ1n) is 6.16. The molecule has 0 bridgehead atoms. The van der Waals surface area contributed by atoms with E-state index in [4.69, 9.17) is 10.2 Å². The molecule has 0 amide bonds. The van der Waals surface area contributed by atoms with Gasteiger partial charge in [0.05, 0.1) is 24.2 Å². The van der Waals surface area contributed by atoms with Crippen LogP contribution >= 0.6 is 0 Å². The van der Waals surface area contributed by atoms with E-state index in [0.29, 0.717) is 30.8 Å². The van der Waals surface area contributed by atoms with Gasteiger partial charge in [-0.05, 0) is 12.1 Å². The van der Waals surface area contributed by atoms with Gasteiger partial charge in [0.1, 0.15) is 5.69 Å². The number of nitrogens with zero attached hydrogens (tertiary/aromatic N) is 2. The Morgan fingerprint density at radius 3 is 2.53 bits per heavy atom. The standard InChI is InChI=1S/C13H17N3O3/c17-7-5-16(6-8-18)9-12-13(19)15-11-4-2-1-3-10(11)14-12/h1-4,17-18H,5-9H2,(H,15,19). The highest BCUT2D eigenvalue weighted by molar-refractivity contribution is 5.73. The highest BCUT2D eigenvalue weighted by Crippen LogP contribution is 2.07. The second kappa shape index (κ2) is 6.42. The van der Waals surface area contributed by atoms with Gasteiger partial charge in [-0.15, -0.1) is 0 Å². The molecule has 0 aliphatic rings. The summed E-state index contributed by atoms with van der Waals surface area (Å²) in [4.78, 5) is 20.8. The molecule has 0 saturated heterocycles. The van der Waals surface area contributed by atoms with Gasteiger partial charge in [0.2, 0.25) is 0 Å². The lowest BCUT2D eigenvalue weighted by atomic mass is 10.3. The smallest absolute Gasteiger partial charge is 0.271 e. The van der Waals surface area contributed by atoms with Crippen LogP contribution in [0.1, 0.15) is 5.69 Å². The molecule has 1 heterocycles. The molecule has 3 N–H and O–H groups in total. The van der Waals surface area contributed by atoms with Crippen molar-refractivity contribution in [2.45, 2.75) is 6.54 Å². The third-order valence-corrected chi connectivity index (χ3v) is 2.88. The number of aliphatic hydroxyl groups is 2. The number of nitrogens with one attached hydrogen (secondary N) is 1. The van der Waals surface area contributed by atoms with Crippen LogP contribution in [0.2, 0.25) is 0 Å². The van der Waals surface area contributed by atoms with Crippen molar-refractivity contribution in [3.05, 3.63) is 40.3 Å². The van der Waals surface area contributed by atoms with Crippen molar-refractivity contribution in [2.24, 2.45) is 0 Å². The number of H-pyrrole nitrogens is 1. The van der Waals surface area contributed by atoms with Crippen LogP contribution in [0.25, 0.3) is 11.0 Å². The minimum absolute atomic E-state index is 0.0223. The molecule has 6 nitrogen and oxygen atoms in total. The third kappa shape index (κ3) is 3.37. The molecule has 0 aliphatic heterocycles. The molecular formula is C13H17N3O3. The van der Waals surface area contributed by atoms with Crippen LogP contribution in [0.4, 0.5) is 0 Å². The molecule has 102 valence electrons. The fourth-order valence-corrected chi connectivity index (χ4v) is 1.94. The number of hydrogen-bond donors (Lipinski definition) is 3. The molecule has 0 fully saturated rings. The van der Waals surface area contributed by atoms with Gasteiger partial charge in [0.25, 0.3) is 5.56 Å². The average Bonchev–Trinajstić information content (AvgIpc) is 2.40. The van der Waals surface area contributed by atoms with Crippen LogP contribution < -0.4 is 5.56 Å². The summed E-state index contributed by atoms with van der Waals surface area (Å²) >= 11 is 0. The molecule has 0 spiro atoms. The van der Waals surface area contributed by atoms with E-state index in [9.17, 15) is 4.79 Å². The van der Waals surface area contributed by atoms with Gasteiger partial charge in [-0.25, -0.2) is 4.98 Å². The van der Waals surface area contributed by atoms with E-state index >= 15 is 0 Å². The second-order valence-electron chi connectivity index (χ2n) is 4.25. The molecule has 2 aromatic rings. The summed E-state index contributed by atoms with van der Waals surface area (Å²) in [7, 11) is 0. The normalized spacial score (nSPS) is 11.3. The minimum atomic E-state index is -0.237. The maximum absolute atomic E-state index is 11.9. The van der Waals surface area contributed by atoms with Crippen molar-refractivity contribution < 1.29 is 10.2 Å². The molecule has 19 heavy (non-hydrogen) atoms. The van der Waals surface area contributed by atoms with Crippen LogP contribution in [0.5, 0.6) is 0 Å². The topological polar surface area (TPSA) is 89.5 Å². The van der Waals surface area contributed by atoms with E-state index in [1.807, 2.05) is 18.2 Å². The van der Waals surface area contributed by atoms with Crippen molar-refractivity contribution in [2.75, 3.05) is 26.3 Å². The van der Waals surface area contributed by atoms with E-state index in [2.05, 4.69) is 9.97 Å². The summed E-state index contributed by atoms with van der Waals surface area (Å²) in [5.74, 6) is 0. The zero-order valence-electron chi connectivity index (χ0n) is 10.5. The first-order valence-corrected chi connectivity index (χ1v) is 6.16. The Kier molecular flexibility index (Phi) is 4.62. The first-order chi connectivity index (χ1) is 9.24. The maximum Gasteiger partial charge on any atom is 0.271 e. The van der Waals surface area contributed by atoms with Crippen molar-refractivity contribution in [1.29, 1.82) is 0 Å². The van der Waals surface area contributed by atoms with Crippen LogP contribution in [0, 0.1) is 0 Å². The number of para-hydroxylation sites is 2. The van der Waals surface area contributed by atoms with Gasteiger partial charge in [-0.3, -0.25) is 9.69 Å². The predicted octanol–water partition coefficient (Wildman–Crippen LogP) is -0.290. The minimum Gasteiger partial charge on any atom is -0.395 e. The number of rotatable bonds is 6. The first kappa shape index (κ1) is 13.7. The molecule has 6 heteroatoms. The zero-order chi connectivity index (χ0) is 13.7. The molecule has 0 saturated carbocycles. The molecule has 0 atom stereocenters. The Morgan fingerprint density at radius 1 is 1.16 bits per heavy atom. The largest absolute Gasteiger partial charge is 0.395 e. The van der Waals surface area contributed by atoms with Crippen LogP contribution in [0.15, 0.2) is 29.1 Å². The fraction of sp³-hybridized carbons (Fsp3) is 0.385. The molecular weight excluding hydrogens is 246 g/mol. The number of aromatic amines is 1. The Morgan fingerprint density at radius 2 is 1.84 bits per heavy atom. The summed E-state index contributed by atoms with van der Waals surface area (Å²) in [6.45, 7) is 1.06. The van der Waals surface area contributed by atoms with Gasteiger partial charge in [-0.2, -0.15) is 0 Å². The SMILES string of the molecule is O=c1[nH]c2ccccc2nc1CN(CCO)CCO. The fourth-order valence-electron chi connectivity index (χ4n) is 1.94. The summed E-state index contributed by atoms with van der Waals surface area (Å²) < 4.78 is 0. The monoisotopic (exact) mass is 263 g/mol. The van der Waals surface area contributed by atoms with Gasteiger partial charge in [0, 0.05) is 19.6 Å². The number of aliphatic hydroxyl groups excluding tert-OH is 2. The van der Waals surface area contributed by atoms with E-state index in [0.717, 1.165) is 5.52 Å². The lowest BCUT2D eigenvalue weighted by Crippen LogP contribution is -2.32. The van der Waals surface area contributed by atoms with Crippen LogP contribution in [-0.2, 0) is 6.54 Å². The van der Waals surface area contributed by atoms with E-state index in [-0.39, 0.29) is 18.8 Å². The van der Waals surface area contributed by atoms with Crippen LogP contribution in [0.3, 0.4) is 0 Å². The molecule has 2 rings (SSSR count). The lowest BCUT2D eigenvalue weighted by Gasteiger charge is -2.19. The Balaban J connectivity index is 2.28. The Bertz CT molecular complexity index is 591. The van der Waals surface area contributed by atoms with E-state index in [1.165, 1.54) is 0 Å². The van der Waals surface area contributed by atoms with Gasteiger partial charge >= 0.3 is 0 Å². The highest BCUT2D eigenvalue weighted by Gasteiger charge is 2.10. The maximum atomic E-state index is 11.9. The molecule has 1 aromatic heterocycles. The van der Waals surface area contributed by atoms with E-state index in [1.54, 1.807) is 11.0 Å². The van der Waals surface area contributed by atoms with Crippen molar-refractivity contribution in [3.8, 4) is 0 Å². The highest BCUT2D eigenvalue weighted by atomic mass is 16.3. The van der Waals surface area contributed by atoms with Crippen molar-refractivity contribution in [3.63, 3.8) is 0 Å². The lowest BCUT2D eigenvalue weighted by molar-refractivity contribution is 0.154. The number of fused-ring (bicyclic) bond motifs is 1. The van der Waals surface area contributed by atoms with Gasteiger partial charge in [-0.1, -0.05) is 12.1 Å². The molecule has 0 unspecified atom stereocenters. The van der Waals surface area contributed by atoms with Crippen molar-refractivity contribution in [1.82, 2.24) is 14.9 Å².